The summed E-state index contributed by atoms with van der Waals surface area (Å²) in [5, 5.41) is 0. The summed E-state index contributed by atoms with van der Waals surface area (Å²) in [6.07, 6.45) is 2.68. The molecule has 0 unspecified atom stereocenters. The molecule has 0 atom stereocenters. The number of nitrogen functional groups attached to an aromatic ring is 1. The van der Waals surface area contributed by atoms with Crippen LogP contribution in [0.1, 0.15) is 37.2 Å². The maximum Gasteiger partial charge on any atom is 0.132 e. The summed E-state index contributed by atoms with van der Waals surface area (Å²) in [7, 11) is 0. The van der Waals surface area contributed by atoms with Gasteiger partial charge in [-0.05, 0) is 36.5 Å². The number of carbonyl (C=O) groups is 1. The summed E-state index contributed by atoms with van der Waals surface area (Å²) in [5.74, 6) is 0.236. The number of carbonyl (C=O) groups excluding carboxylic acids is 1. The number of hydrogen-bond donors (Lipinski definition) is 1. The van der Waals surface area contributed by atoms with Crippen molar-refractivity contribution < 1.29 is 9.18 Å². The van der Waals surface area contributed by atoms with Crippen LogP contribution in [-0.4, -0.2) is 5.78 Å². The number of benzene rings is 1. The topological polar surface area (TPSA) is 43.1 Å². The van der Waals surface area contributed by atoms with Gasteiger partial charge in [-0.15, -0.1) is 0 Å². The average molecular weight is 207 g/mol. The van der Waals surface area contributed by atoms with E-state index in [1.54, 1.807) is 12.1 Å². The minimum absolute atomic E-state index is 0.184. The molecule has 0 spiro atoms. The van der Waals surface area contributed by atoms with Crippen LogP contribution >= 0.6 is 0 Å². The molecule has 1 saturated carbocycles. The minimum atomic E-state index is -0.241. The van der Waals surface area contributed by atoms with Gasteiger partial charge in [-0.25, -0.2) is 4.39 Å². The highest BCUT2D eigenvalue weighted by atomic mass is 19.1. The quantitative estimate of drug-likeness (QED) is 0.719. The van der Waals surface area contributed by atoms with E-state index < -0.39 is 0 Å². The van der Waals surface area contributed by atoms with Crippen molar-refractivity contribution in [2.24, 2.45) is 0 Å². The molecule has 1 aliphatic rings. The number of ketones is 1. The molecule has 80 valence electrons. The fourth-order valence-corrected chi connectivity index (χ4v) is 2.13. The monoisotopic (exact) mass is 207 g/mol. The molecule has 1 aromatic carbocycles. The van der Waals surface area contributed by atoms with Gasteiger partial charge in [0.2, 0.25) is 0 Å². The van der Waals surface area contributed by atoms with Crippen molar-refractivity contribution in [3.05, 3.63) is 29.6 Å². The molecule has 0 bridgehead atoms. The number of nitrogens with two attached hydrogens (primary N) is 1. The molecule has 2 rings (SSSR count). The van der Waals surface area contributed by atoms with Crippen LogP contribution in [0, 0.1) is 5.82 Å². The van der Waals surface area contributed by atoms with Crippen molar-refractivity contribution in [3.63, 3.8) is 0 Å². The molecular formula is C12H14FNO. The molecule has 0 radical (unpaired) electrons. The summed E-state index contributed by atoms with van der Waals surface area (Å²) in [6, 6.07) is 4.81. The number of halogens is 1. The van der Waals surface area contributed by atoms with Gasteiger partial charge in [0.25, 0.3) is 0 Å². The van der Waals surface area contributed by atoms with Gasteiger partial charge >= 0.3 is 0 Å². The smallest absolute Gasteiger partial charge is 0.132 e. The van der Waals surface area contributed by atoms with Crippen molar-refractivity contribution in [1.29, 1.82) is 0 Å². The van der Waals surface area contributed by atoms with Gasteiger partial charge in [0.1, 0.15) is 11.6 Å². The molecule has 1 fully saturated rings. The molecule has 1 aliphatic carbocycles. The van der Waals surface area contributed by atoms with Gasteiger partial charge in [0.05, 0.1) is 0 Å². The van der Waals surface area contributed by atoms with Crippen molar-refractivity contribution in [1.82, 2.24) is 0 Å². The fraction of sp³-hybridized carbons (Fsp3) is 0.417. The van der Waals surface area contributed by atoms with E-state index in [9.17, 15) is 9.18 Å². The number of Topliss-reactive ketones (excluding diaryl/α,β-unsaturated/α-hetero) is 1. The zero-order chi connectivity index (χ0) is 10.8. The normalized spacial score (nSPS) is 18.1. The van der Waals surface area contributed by atoms with Crippen LogP contribution in [-0.2, 0) is 4.79 Å². The maximum atomic E-state index is 13.6. The molecule has 0 amide bonds. The van der Waals surface area contributed by atoms with Crippen LogP contribution < -0.4 is 5.73 Å². The largest absolute Gasteiger partial charge is 0.399 e. The van der Waals surface area contributed by atoms with Crippen LogP contribution in [0.15, 0.2) is 18.2 Å². The van der Waals surface area contributed by atoms with Crippen LogP contribution in [0.3, 0.4) is 0 Å². The first-order valence-corrected chi connectivity index (χ1v) is 5.23. The second kappa shape index (κ2) is 4.01. The summed E-state index contributed by atoms with van der Waals surface area (Å²) in [6.45, 7) is 0. The second-order valence-electron chi connectivity index (χ2n) is 4.09. The van der Waals surface area contributed by atoms with E-state index >= 15 is 0 Å². The van der Waals surface area contributed by atoms with Crippen LogP contribution in [0.5, 0.6) is 0 Å². The Bertz CT molecular complexity index is 379. The first kappa shape index (κ1) is 10.1. The molecule has 1 aromatic rings. The van der Waals surface area contributed by atoms with Crippen LogP contribution in [0.25, 0.3) is 0 Å². The zero-order valence-electron chi connectivity index (χ0n) is 8.50. The maximum absolute atomic E-state index is 13.6. The minimum Gasteiger partial charge on any atom is -0.399 e. The van der Waals surface area contributed by atoms with Crippen molar-refractivity contribution >= 4 is 11.5 Å². The predicted octanol–water partition coefficient (Wildman–Crippen LogP) is 2.63. The molecule has 2 nitrogen and oxygen atoms in total. The lowest BCUT2D eigenvalue weighted by Crippen LogP contribution is -2.13. The van der Waals surface area contributed by atoms with E-state index in [0.29, 0.717) is 29.9 Å². The van der Waals surface area contributed by atoms with E-state index in [-0.39, 0.29) is 11.7 Å². The zero-order valence-corrected chi connectivity index (χ0v) is 8.50. The van der Waals surface area contributed by atoms with E-state index in [1.807, 2.05) is 0 Å². The highest BCUT2D eigenvalue weighted by Crippen LogP contribution is 2.33. The lowest BCUT2D eigenvalue weighted by molar-refractivity contribution is -0.120. The van der Waals surface area contributed by atoms with E-state index in [0.717, 1.165) is 12.8 Å². The summed E-state index contributed by atoms with van der Waals surface area (Å²) in [4.78, 5) is 11.1. The summed E-state index contributed by atoms with van der Waals surface area (Å²) >= 11 is 0. The average Bonchev–Trinajstić information content (AvgIpc) is 2.20. The Morgan fingerprint density at radius 2 is 1.93 bits per heavy atom. The lowest BCUT2D eigenvalue weighted by atomic mass is 9.83. The Morgan fingerprint density at radius 1 is 1.27 bits per heavy atom. The molecule has 3 heteroatoms. The number of hydrogen-bond acceptors (Lipinski definition) is 2. The third-order valence-electron chi connectivity index (χ3n) is 3.01. The number of rotatable bonds is 1. The van der Waals surface area contributed by atoms with Gasteiger partial charge in [-0.1, -0.05) is 6.07 Å². The van der Waals surface area contributed by atoms with Gasteiger partial charge in [0, 0.05) is 18.5 Å². The second-order valence-corrected chi connectivity index (χ2v) is 4.09. The van der Waals surface area contributed by atoms with Gasteiger partial charge in [0.15, 0.2) is 0 Å². The Hall–Kier alpha value is -1.38. The van der Waals surface area contributed by atoms with Gasteiger partial charge < -0.3 is 5.73 Å². The lowest BCUT2D eigenvalue weighted by Gasteiger charge is -2.21. The predicted molar refractivity (Wildman–Crippen MR) is 57.0 cm³/mol. The third kappa shape index (κ3) is 2.17. The van der Waals surface area contributed by atoms with Crippen molar-refractivity contribution in [3.8, 4) is 0 Å². The molecule has 15 heavy (non-hydrogen) atoms. The van der Waals surface area contributed by atoms with Crippen LogP contribution in [0.4, 0.5) is 10.1 Å². The highest BCUT2D eigenvalue weighted by molar-refractivity contribution is 5.79. The number of anilines is 1. The third-order valence-corrected chi connectivity index (χ3v) is 3.01. The van der Waals surface area contributed by atoms with E-state index in [2.05, 4.69) is 0 Å². The first-order chi connectivity index (χ1) is 7.16. The van der Waals surface area contributed by atoms with Gasteiger partial charge in [-0.3, -0.25) is 4.79 Å². The molecule has 2 N–H and O–H groups in total. The van der Waals surface area contributed by atoms with Crippen molar-refractivity contribution in [2.75, 3.05) is 5.73 Å². The molecule has 0 aromatic heterocycles. The summed E-state index contributed by atoms with van der Waals surface area (Å²) < 4.78 is 13.6. The van der Waals surface area contributed by atoms with Crippen LogP contribution in [0.2, 0.25) is 0 Å². The standard InChI is InChI=1S/C12H14FNO/c13-12-7-9(14)3-6-11(12)8-1-4-10(15)5-2-8/h3,6-8H,1-2,4-5,14H2. The Kier molecular flexibility index (Phi) is 2.71. The Balaban J connectivity index is 2.19. The SMILES string of the molecule is Nc1ccc(C2CCC(=O)CC2)c(F)c1. The molecular weight excluding hydrogens is 193 g/mol. The van der Waals surface area contributed by atoms with Crippen molar-refractivity contribution in [2.45, 2.75) is 31.6 Å². The summed E-state index contributed by atoms with van der Waals surface area (Å²) in [5.41, 5.74) is 6.64. The van der Waals surface area contributed by atoms with E-state index in [1.165, 1.54) is 6.07 Å². The molecule has 0 heterocycles. The highest BCUT2D eigenvalue weighted by Gasteiger charge is 2.22. The molecule has 0 saturated heterocycles. The van der Waals surface area contributed by atoms with E-state index in [4.69, 9.17) is 5.73 Å². The fourth-order valence-electron chi connectivity index (χ4n) is 2.13. The Morgan fingerprint density at radius 3 is 2.53 bits per heavy atom. The Labute approximate surface area is 88.3 Å². The van der Waals surface area contributed by atoms with Gasteiger partial charge in [-0.2, -0.15) is 0 Å². The first-order valence-electron chi connectivity index (χ1n) is 5.23. The molecule has 0 aliphatic heterocycles.